The molecule has 1 aliphatic carbocycles. The molecule has 1 aliphatic rings. The van der Waals surface area contributed by atoms with Gasteiger partial charge in [-0.25, -0.2) is 0 Å². The second-order valence-corrected chi connectivity index (χ2v) is 9.64. The van der Waals surface area contributed by atoms with Crippen LogP contribution in [0.2, 0.25) is 0 Å². The minimum absolute atomic E-state index is 0.121. The molecule has 1 heterocycles. The van der Waals surface area contributed by atoms with Crippen molar-refractivity contribution in [3.8, 4) is 0 Å². The Morgan fingerprint density at radius 1 is 1.07 bits per heavy atom. The van der Waals surface area contributed by atoms with Crippen LogP contribution in [-0.2, 0) is 17.3 Å². The van der Waals surface area contributed by atoms with Gasteiger partial charge in [-0.1, -0.05) is 53.2 Å². The van der Waals surface area contributed by atoms with Crippen LogP contribution in [0.25, 0.3) is 0 Å². The van der Waals surface area contributed by atoms with E-state index in [2.05, 4.69) is 59.0 Å². The van der Waals surface area contributed by atoms with Gasteiger partial charge in [-0.3, -0.25) is 4.79 Å². The molecule has 0 saturated carbocycles. The summed E-state index contributed by atoms with van der Waals surface area (Å²) in [6, 6.07) is 8.49. The first kappa shape index (κ1) is 20.7. The average Bonchev–Trinajstić information content (AvgIpc) is 3.09. The van der Waals surface area contributed by atoms with E-state index in [1.54, 1.807) is 6.07 Å². The number of amides is 1. The number of rotatable bonds is 6. The Bertz CT molecular complexity index is 857. The molecule has 0 fully saturated rings. The number of benzene rings is 1. The summed E-state index contributed by atoms with van der Waals surface area (Å²) in [5.74, 6) is 1.13. The molecular formula is C25H35NO2. The molecule has 0 atom stereocenters. The van der Waals surface area contributed by atoms with Crippen molar-refractivity contribution < 1.29 is 9.21 Å². The lowest BCUT2D eigenvalue weighted by atomic mass is 9.62. The third-order valence-electron chi connectivity index (χ3n) is 6.38. The smallest absolute Gasteiger partial charge is 0.286 e. The van der Waals surface area contributed by atoms with Crippen LogP contribution in [-0.4, -0.2) is 12.5 Å². The number of unbranched alkanes of at least 4 members (excludes halogenated alkanes) is 1. The molecule has 1 amide bonds. The largest absolute Gasteiger partial charge is 0.456 e. The Morgan fingerprint density at radius 2 is 1.71 bits per heavy atom. The standard InChI is InChI=1S/C25H35NO2/c1-7-8-13-26-23(27)22-10-9-19(28-22)15-18-16-21-20(14-17(18)2)24(3,4)11-12-25(21,5)6/h9-10,14,16H,7-8,11-13,15H2,1-6H3,(H,26,27). The highest BCUT2D eigenvalue weighted by molar-refractivity contribution is 5.91. The fourth-order valence-corrected chi connectivity index (χ4v) is 4.21. The van der Waals surface area contributed by atoms with Crippen LogP contribution in [0, 0.1) is 6.92 Å². The monoisotopic (exact) mass is 381 g/mol. The molecule has 0 bridgehead atoms. The first-order valence-electron chi connectivity index (χ1n) is 10.7. The molecule has 28 heavy (non-hydrogen) atoms. The highest BCUT2D eigenvalue weighted by atomic mass is 16.3. The van der Waals surface area contributed by atoms with Crippen LogP contribution in [0.3, 0.4) is 0 Å². The van der Waals surface area contributed by atoms with Crippen LogP contribution < -0.4 is 5.32 Å². The molecule has 0 spiro atoms. The van der Waals surface area contributed by atoms with E-state index in [1.165, 1.54) is 35.1 Å². The van der Waals surface area contributed by atoms with E-state index in [9.17, 15) is 4.79 Å². The summed E-state index contributed by atoms with van der Waals surface area (Å²) in [5, 5.41) is 2.92. The van der Waals surface area contributed by atoms with Gasteiger partial charge in [0, 0.05) is 13.0 Å². The Balaban J connectivity index is 1.83. The predicted molar refractivity (Wildman–Crippen MR) is 115 cm³/mol. The molecule has 0 saturated heterocycles. The van der Waals surface area contributed by atoms with Crippen molar-refractivity contribution in [3.63, 3.8) is 0 Å². The highest BCUT2D eigenvalue weighted by Gasteiger charge is 2.37. The van der Waals surface area contributed by atoms with Crippen LogP contribution >= 0.6 is 0 Å². The molecule has 3 nitrogen and oxygen atoms in total. The summed E-state index contributed by atoms with van der Waals surface area (Å²) in [4.78, 5) is 12.2. The maximum Gasteiger partial charge on any atom is 0.286 e. The zero-order chi connectivity index (χ0) is 20.5. The highest BCUT2D eigenvalue weighted by Crippen LogP contribution is 2.46. The molecule has 3 rings (SSSR count). The number of fused-ring (bicyclic) bond motifs is 1. The van der Waals surface area contributed by atoms with Crippen molar-refractivity contribution in [2.45, 2.75) is 84.5 Å². The third kappa shape index (κ3) is 4.19. The quantitative estimate of drug-likeness (QED) is 0.618. The fourth-order valence-electron chi connectivity index (χ4n) is 4.21. The lowest BCUT2D eigenvalue weighted by Crippen LogP contribution is -2.34. The molecule has 1 N–H and O–H groups in total. The summed E-state index contributed by atoms with van der Waals surface area (Å²) in [7, 11) is 0. The number of hydrogen-bond acceptors (Lipinski definition) is 2. The van der Waals surface area contributed by atoms with E-state index >= 15 is 0 Å². The lowest BCUT2D eigenvalue weighted by molar-refractivity contribution is 0.0924. The molecule has 1 aromatic heterocycles. The second-order valence-electron chi connectivity index (χ2n) is 9.64. The number of carbonyl (C=O) groups is 1. The van der Waals surface area contributed by atoms with E-state index < -0.39 is 0 Å². The SMILES string of the molecule is CCCCNC(=O)c1ccc(Cc2cc3c(cc2C)C(C)(C)CCC3(C)C)o1. The summed E-state index contributed by atoms with van der Waals surface area (Å²) < 4.78 is 5.86. The van der Waals surface area contributed by atoms with Crippen molar-refractivity contribution in [1.29, 1.82) is 0 Å². The normalized spacial score (nSPS) is 17.2. The van der Waals surface area contributed by atoms with Crippen molar-refractivity contribution in [1.82, 2.24) is 5.32 Å². The second kappa shape index (κ2) is 7.77. The summed E-state index contributed by atoms with van der Waals surface area (Å²) in [5.41, 5.74) is 5.96. The van der Waals surface area contributed by atoms with Crippen LogP contribution in [0.4, 0.5) is 0 Å². The van der Waals surface area contributed by atoms with Gasteiger partial charge >= 0.3 is 0 Å². The summed E-state index contributed by atoms with van der Waals surface area (Å²) in [6.07, 6.45) is 5.20. The Morgan fingerprint density at radius 3 is 2.36 bits per heavy atom. The zero-order valence-electron chi connectivity index (χ0n) is 18.4. The number of aryl methyl sites for hydroxylation is 1. The van der Waals surface area contributed by atoms with Crippen LogP contribution in [0.5, 0.6) is 0 Å². The van der Waals surface area contributed by atoms with E-state index in [0.29, 0.717) is 12.3 Å². The number of furan rings is 1. The van der Waals surface area contributed by atoms with Crippen molar-refractivity contribution >= 4 is 5.91 Å². The fraction of sp³-hybridized carbons (Fsp3) is 0.560. The van der Waals surface area contributed by atoms with E-state index in [0.717, 1.165) is 25.0 Å². The third-order valence-corrected chi connectivity index (χ3v) is 6.38. The summed E-state index contributed by atoms with van der Waals surface area (Å²) >= 11 is 0. The van der Waals surface area contributed by atoms with E-state index in [-0.39, 0.29) is 16.7 Å². The number of carbonyl (C=O) groups excluding carboxylic acids is 1. The lowest BCUT2D eigenvalue weighted by Gasteiger charge is -2.42. The Kier molecular flexibility index (Phi) is 5.74. The number of hydrogen-bond donors (Lipinski definition) is 1. The number of nitrogens with one attached hydrogen (secondary N) is 1. The van der Waals surface area contributed by atoms with Crippen LogP contribution in [0.15, 0.2) is 28.7 Å². The van der Waals surface area contributed by atoms with Crippen molar-refractivity contribution in [2.75, 3.05) is 6.54 Å². The zero-order valence-corrected chi connectivity index (χ0v) is 18.4. The van der Waals surface area contributed by atoms with Gasteiger partial charge in [0.2, 0.25) is 0 Å². The van der Waals surface area contributed by atoms with Gasteiger partial charge in [0.05, 0.1) is 0 Å². The van der Waals surface area contributed by atoms with Gasteiger partial charge in [0.25, 0.3) is 5.91 Å². The molecular weight excluding hydrogens is 346 g/mol. The van der Waals surface area contributed by atoms with Gasteiger partial charge in [-0.15, -0.1) is 0 Å². The van der Waals surface area contributed by atoms with Gasteiger partial charge in [0.1, 0.15) is 5.76 Å². The average molecular weight is 382 g/mol. The Labute approximate surface area is 169 Å². The molecule has 1 aromatic carbocycles. The van der Waals surface area contributed by atoms with Gasteiger partial charge < -0.3 is 9.73 Å². The minimum Gasteiger partial charge on any atom is -0.456 e. The van der Waals surface area contributed by atoms with Crippen LogP contribution in [0.1, 0.15) is 98.9 Å². The van der Waals surface area contributed by atoms with E-state index in [1.807, 2.05) is 6.07 Å². The maximum atomic E-state index is 12.2. The van der Waals surface area contributed by atoms with Gasteiger partial charge in [0.15, 0.2) is 5.76 Å². The minimum atomic E-state index is -0.121. The molecule has 0 radical (unpaired) electrons. The molecule has 152 valence electrons. The first-order valence-corrected chi connectivity index (χ1v) is 10.7. The van der Waals surface area contributed by atoms with Gasteiger partial charge in [-0.05, 0) is 71.4 Å². The molecule has 2 aromatic rings. The maximum absolute atomic E-state index is 12.2. The summed E-state index contributed by atoms with van der Waals surface area (Å²) in [6.45, 7) is 14.4. The molecule has 0 unspecified atom stereocenters. The predicted octanol–water partition coefficient (Wildman–Crippen LogP) is 6.06. The Hall–Kier alpha value is -2.03. The topological polar surface area (TPSA) is 42.2 Å². The van der Waals surface area contributed by atoms with E-state index in [4.69, 9.17) is 4.42 Å². The molecule has 0 aliphatic heterocycles. The van der Waals surface area contributed by atoms with Gasteiger partial charge in [-0.2, -0.15) is 0 Å². The molecule has 3 heteroatoms. The van der Waals surface area contributed by atoms with Crippen molar-refractivity contribution in [2.24, 2.45) is 0 Å². The first-order chi connectivity index (χ1) is 13.1. The van der Waals surface area contributed by atoms with Crippen molar-refractivity contribution in [3.05, 3.63) is 58.0 Å².